The van der Waals surface area contributed by atoms with E-state index >= 15 is 0 Å². The van der Waals surface area contributed by atoms with Gasteiger partial charge in [0.1, 0.15) is 5.82 Å². The van der Waals surface area contributed by atoms with Crippen LogP contribution in [0.1, 0.15) is 47.5 Å². The Morgan fingerprint density at radius 2 is 2.11 bits per heavy atom. The van der Waals surface area contributed by atoms with Gasteiger partial charge in [-0.1, -0.05) is 11.6 Å². The molecule has 2 amide bonds. The maximum absolute atomic E-state index is 14.3. The molecule has 0 aliphatic carbocycles. The molecule has 5 heterocycles. The predicted octanol–water partition coefficient (Wildman–Crippen LogP) is 3.48. The van der Waals surface area contributed by atoms with Crippen LogP contribution in [0, 0.1) is 5.82 Å². The van der Waals surface area contributed by atoms with Gasteiger partial charge in [0.05, 0.1) is 35.2 Å². The number of hydrogen-bond donors (Lipinski definition) is 1. The minimum absolute atomic E-state index is 0.0859. The van der Waals surface area contributed by atoms with Gasteiger partial charge in [0.15, 0.2) is 0 Å². The van der Waals surface area contributed by atoms with Crippen molar-refractivity contribution in [2.75, 3.05) is 26.2 Å². The molecule has 6 rings (SSSR count). The standard InChI is InChI=1S/C26H27ClFN5O2/c27-18-11-17(12-19(28)13-18)20-4-9-31(24(34)21-3-1-8-32-16-29-14-22(21)32)15-23(20)33-10-6-26(25(33)35)5-2-7-30-26/h1,3,8,11-14,16,20,23,30H,2,4-7,9-10,15H2/t20-,23+,26+/m0/s1. The van der Waals surface area contributed by atoms with Gasteiger partial charge in [-0.15, -0.1) is 0 Å². The van der Waals surface area contributed by atoms with E-state index in [0.717, 1.165) is 36.9 Å². The van der Waals surface area contributed by atoms with Gasteiger partial charge in [-0.3, -0.25) is 9.59 Å². The molecule has 3 aromatic rings. The lowest BCUT2D eigenvalue weighted by Gasteiger charge is -2.43. The first-order valence-corrected chi connectivity index (χ1v) is 12.5. The van der Waals surface area contributed by atoms with Gasteiger partial charge >= 0.3 is 0 Å². The number of hydrogen-bond acceptors (Lipinski definition) is 4. The molecule has 0 unspecified atom stereocenters. The number of fused-ring (bicyclic) bond motifs is 1. The van der Waals surface area contributed by atoms with E-state index in [2.05, 4.69) is 10.3 Å². The lowest BCUT2D eigenvalue weighted by molar-refractivity contribution is -0.136. The molecule has 182 valence electrons. The van der Waals surface area contributed by atoms with Crippen molar-refractivity contribution in [3.05, 3.63) is 71.0 Å². The second-order valence-corrected chi connectivity index (χ2v) is 10.3. The van der Waals surface area contributed by atoms with E-state index < -0.39 is 5.54 Å². The molecular weight excluding hydrogens is 469 g/mol. The second kappa shape index (κ2) is 8.60. The number of nitrogens with one attached hydrogen (secondary N) is 1. The fourth-order valence-electron chi connectivity index (χ4n) is 6.22. The van der Waals surface area contributed by atoms with Gasteiger partial charge in [-0.05, 0) is 68.1 Å². The Balaban J connectivity index is 1.34. The van der Waals surface area contributed by atoms with E-state index in [9.17, 15) is 14.0 Å². The summed E-state index contributed by atoms with van der Waals surface area (Å²) in [6, 6.07) is 7.98. The van der Waals surface area contributed by atoms with Crippen LogP contribution in [-0.2, 0) is 4.79 Å². The fraction of sp³-hybridized carbons (Fsp3) is 0.423. The number of piperidine rings is 1. The van der Waals surface area contributed by atoms with Gasteiger partial charge in [-0.25, -0.2) is 9.37 Å². The van der Waals surface area contributed by atoms with Crippen molar-refractivity contribution >= 4 is 28.9 Å². The molecule has 3 fully saturated rings. The number of pyridine rings is 1. The smallest absolute Gasteiger partial charge is 0.256 e. The van der Waals surface area contributed by atoms with Crippen LogP contribution in [-0.4, -0.2) is 68.8 Å². The highest BCUT2D eigenvalue weighted by Crippen LogP contribution is 2.39. The third kappa shape index (κ3) is 3.79. The van der Waals surface area contributed by atoms with Crippen molar-refractivity contribution in [3.63, 3.8) is 0 Å². The highest BCUT2D eigenvalue weighted by Gasteiger charge is 2.52. The van der Waals surface area contributed by atoms with E-state index in [-0.39, 0.29) is 29.6 Å². The van der Waals surface area contributed by atoms with Crippen LogP contribution in [0.4, 0.5) is 4.39 Å². The monoisotopic (exact) mass is 495 g/mol. The summed E-state index contributed by atoms with van der Waals surface area (Å²) < 4.78 is 16.1. The third-order valence-electron chi connectivity index (χ3n) is 7.96. The third-order valence-corrected chi connectivity index (χ3v) is 8.18. The summed E-state index contributed by atoms with van der Waals surface area (Å²) in [4.78, 5) is 35.2. The molecule has 3 saturated heterocycles. The Kier molecular flexibility index (Phi) is 5.53. The van der Waals surface area contributed by atoms with E-state index in [1.54, 1.807) is 18.6 Å². The van der Waals surface area contributed by atoms with Crippen LogP contribution in [0.5, 0.6) is 0 Å². The van der Waals surface area contributed by atoms with Crippen LogP contribution >= 0.6 is 11.6 Å². The summed E-state index contributed by atoms with van der Waals surface area (Å²) in [6.07, 6.45) is 8.39. The zero-order chi connectivity index (χ0) is 24.2. The van der Waals surface area contributed by atoms with Crippen molar-refractivity contribution in [2.24, 2.45) is 0 Å². The Labute approximate surface area is 207 Å². The Bertz CT molecular complexity index is 1280. The van der Waals surface area contributed by atoms with Crippen molar-refractivity contribution < 1.29 is 14.0 Å². The lowest BCUT2D eigenvalue weighted by Crippen LogP contribution is -2.56. The molecule has 0 radical (unpaired) electrons. The van der Waals surface area contributed by atoms with Gasteiger partial charge in [-0.2, -0.15) is 0 Å². The summed E-state index contributed by atoms with van der Waals surface area (Å²) in [5.74, 6) is -0.491. The average Bonchev–Trinajstić information content (AvgIpc) is 3.59. The summed E-state index contributed by atoms with van der Waals surface area (Å²) >= 11 is 6.20. The number of imidazole rings is 1. The molecule has 3 atom stereocenters. The highest BCUT2D eigenvalue weighted by molar-refractivity contribution is 6.30. The van der Waals surface area contributed by atoms with Crippen molar-refractivity contribution in [1.82, 2.24) is 24.5 Å². The molecule has 35 heavy (non-hydrogen) atoms. The zero-order valence-corrected chi connectivity index (χ0v) is 20.0. The number of benzene rings is 1. The molecule has 1 spiro atoms. The van der Waals surface area contributed by atoms with Crippen molar-refractivity contribution in [2.45, 2.75) is 43.2 Å². The molecule has 0 bridgehead atoms. The molecule has 9 heteroatoms. The maximum atomic E-state index is 14.3. The summed E-state index contributed by atoms with van der Waals surface area (Å²) in [7, 11) is 0. The quantitative estimate of drug-likeness (QED) is 0.604. The van der Waals surface area contributed by atoms with Gasteiger partial charge in [0.2, 0.25) is 5.91 Å². The molecular formula is C26H27ClFN5O2. The largest absolute Gasteiger partial charge is 0.336 e. The topological polar surface area (TPSA) is 70.0 Å². The zero-order valence-electron chi connectivity index (χ0n) is 19.3. The number of nitrogens with zero attached hydrogens (tertiary/aromatic N) is 4. The van der Waals surface area contributed by atoms with Gasteiger partial charge < -0.3 is 19.5 Å². The SMILES string of the molecule is O=C(c1cccn2cncc12)N1CC[C@@H](c2cc(F)cc(Cl)c2)[C@H](N2CC[C@]3(CCCN3)C2=O)C1. The normalized spacial score (nSPS) is 26.9. The number of rotatable bonds is 3. The Morgan fingerprint density at radius 1 is 1.23 bits per heavy atom. The van der Waals surface area contributed by atoms with Crippen LogP contribution in [0.2, 0.25) is 5.02 Å². The molecule has 7 nitrogen and oxygen atoms in total. The molecule has 0 saturated carbocycles. The molecule has 1 N–H and O–H groups in total. The van der Waals surface area contributed by atoms with Crippen LogP contribution in [0.15, 0.2) is 49.1 Å². The minimum Gasteiger partial charge on any atom is -0.336 e. The first-order chi connectivity index (χ1) is 16.9. The first kappa shape index (κ1) is 22.5. The number of carbonyl (C=O) groups is 2. The Morgan fingerprint density at radius 3 is 2.91 bits per heavy atom. The van der Waals surface area contributed by atoms with Crippen LogP contribution in [0.25, 0.3) is 5.52 Å². The first-order valence-electron chi connectivity index (χ1n) is 12.2. The maximum Gasteiger partial charge on any atom is 0.256 e. The molecule has 1 aromatic carbocycles. The molecule has 3 aliphatic heterocycles. The summed E-state index contributed by atoms with van der Waals surface area (Å²) in [5, 5.41) is 3.78. The summed E-state index contributed by atoms with van der Waals surface area (Å²) in [6.45, 7) is 2.35. The van der Waals surface area contributed by atoms with E-state index in [1.165, 1.54) is 12.1 Å². The number of carbonyl (C=O) groups excluding carboxylic acids is 2. The van der Waals surface area contributed by atoms with Crippen molar-refractivity contribution in [3.8, 4) is 0 Å². The highest BCUT2D eigenvalue weighted by atomic mass is 35.5. The van der Waals surface area contributed by atoms with E-state index in [4.69, 9.17) is 11.6 Å². The number of amides is 2. The summed E-state index contributed by atoms with van der Waals surface area (Å²) in [5.41, 5.74) is 1.61. The number of halogens is 2. The van der Waals surface area contributed by atoms with E-state index in [1.807, 2.05) is 32.5 Å². The van der Waals surface area contributed by atoms with Gasteiger partial charge in [0, 0.05) is 36.8 Å². The van der Waals surface area contributed by atoms with Gasteiger partial charge in [0.25, 0.3) is 5.91 Å². The molecule has 3 aliphatic rings. The number of likely N-dealkylation sites (tertiary alicyclic amines) is 2. The molecule has 2 aromatic heterocycles. The number of aromatic nitrogens is 2. The fourth-order valence-corrected chi connectivity index (χ4v) is 6.45. The van der Waals surface area contributed by atoms with Crippen LogP contribution < -0.4 is 5.32 Å². The van der Waals surface area contributed by atoms with Crippen LogP contribution in [0.3, 0.4) is 0 Å². The van der Waals surface area contributed by atoms with Crippen molar-refractivity contribution in [1.29, 1.82) is 0 Å². The van der Waals surface area contributed by atoms with E-state index in [0.29, 0.717) is 36.6 Å². The average molecular weight is 496 g/mol. The predicted molar refractivity (Wildman–Crippen MR) is 130 cm³/mol. The Hall–Kier alpha value is -2.97. The second-order valence-electron chi connectivity index (χ2n) is 9.89. The minimum atomic E-state index is -0.500. The lowest BCUT2D eigenvalue weighted by atomic mass is 9.84.